The van der Waals surface area contributed by atoms with E-state index in [4.69, 9.17) is 9.47 Å². The first kappa shape index (κ1) is 20.7. The normalized spacial score (nSPS) is 18.6. The fraction of sp³-hybridized carbons (Fsp3) is 0.391. The first-order valence-corrected chi connectivity index (χ1v) is 10.0. The molecule has 6 heteroatoms. The first-order valence-electron chi connectivity index (χ1n) is 10.0. The van der Waals surface area contributed by atoms with Gasteiger partial charge in [-0.05, 0) is 55.2 Å². The molecule has 2 N–H and O–H groups in total. The van der Waals surface area contributed by atoms with Gasteiger partial charge in [0.1, 0.15) is 11.5 Å². The Kier molecular flexibility index (Phi) is 7.11. The monoisotopic (exact) mass is 396 g/mol. The zero-order valence-electron chi connectivity index (χ0n) is 16.9. The molecule has 0 spiro atoms. The van der Waals surface area contributed by atoms with Gasteiger partial charge >= 0.3 is 0 Å². The number of amides is 2. The second-order valence-electron chi connectivity index (χ2n) is 7.40. The van der Waals surface area contributed by atoms with Crippen LogP contribution in [0, 0.1) is 5.92 Å². The quantitative estimate of drug-likeness (QED) is 0.741. The van der Waals surface area contributed by atoms with Crippen LogP contribution in [0.3, 0.4) is 0 Å². The van der Waals surface area contributed by atoms with E-state index in [1.54, 1.807) is 42.5 Å². The summed E-state index contributed by atoms with van der Waals surface area (Å²) < 4.78 is 10.8. The van der Waals surface area contributed by atoms with Crippen LogP contribution < -0.4 is 20.1 Å². The van der Waals surface area contributed by atoms with Crippen molar-refractivity contribution in [1.29, 1.82) is 0 Å². The van der Waals surface area contributed by atoms with Gasteiger partial charge in [-0.25, -0.2) is 0 Å². The lowest BCUT2D eigenvalue weighted by molar-refractivity contribution is -0.124. The first-order chi connectivity index (χ1) is 14.1. The van der Waals surface area contributed by atoms with Crippen molar-refractivity contribution in [3.8, 4) is 11.5 Å². The van der Waals surface area contributed by atoms with Crippen molar-refractivity contribution in [3.63, 3.8) is 0 Å². The lowest BCUT2D eigenvalue weighted by Gasteiger charge is -2.29. The Morgan fingerprint density at radius 2 is 1.76 bits per heavy atom. The number of hydrogen-bond donors (Lipinski definition) is 2. The molecule has 154 valence electrons. The summed E-state index contributed by atoms with van der Waals surface area (Å²) in [5.74, 6) is 1.25. The van der Waals surface area contributed by atoms with Crippen LogP contribution in [-0.4, -0.2) is 31.6 Å². The number of methoxy groups -OCH3 is 1. The average Bonchev–Trinajstić information content (AvgIpc) is 2.75. The Bertz CT molecular complexity index is 835. The number of carbonyl (C=O) groups excluding carboxylic acids is 2. The van der Waals surface area contributed by atoms with Crippen LogP contribution in [-0.2, 0) is 4.79 Å². The molecule has 3 rings (SSSR count). The second-order valence-corrected chi connectivity index (χ2v) is 7.40. The maximum Gasteiger partial charge on any atom is 0.259 e. The molecule has 1 fully saturated rings. The third-order valence-electron chi connectivity index (χ3n) is 5.29. The van der Waals surface area contributed by atoms with E-state index in [0.717, 1.165) is 19.3 Å². The molecule has 29 heavy (non-hydrogen) atoms. The highest BCUT2D eigenvalue weighted by atomic mass is 16.5. The molecule has 0 radical (unpaired) electrons. The fourth-order valence-corrected chi connectivity index (χ4v) is 3.59. The zero-order valence-corrected chi connectivity index (χ0v) is 16.9. The molecule has 2 unspecified atom stereocenters. The molecule has 2 aromatic carbocycles. The minimum absolute atomic E-state index is 0.0177. The molecule has 2 amide bonds. The van der Waals surface area contributed by atoms with Gasteiger partial charge in [0.15, 0.2) is 6.61 Å². The maximum absolute atomic E-state index is 12.4. The van der Waals surface area contributed by atoms with E-state index in [9.17, 15) is 9.59 Å². The van der Waals surface area contributed by atoms with Gasteiger partial charge in [0.05, 0.1) is 12.7 Å². The molecule has 2 atom stereocenters. The van der Waals surface area contributed by atoms with Gasteiger partial charge in [-0.1, -0.05) is 31.9 Å². The number of para-hydroxylation sites is 1. The van der Waals surface area contributed by atoms with Crippen LogP contribution >= 0.6 is 0 Å². The van der Waals surface area contributed by atoms with Crippen LogP contribution in [0.4, 0.5) is 5.69 Å². The van der Waals surface area contributed by atoms with Crippen molar-refractivity contribution in [1.82, 2.24) is 5.32 Å². The van der Waals surface area contributed by atoms with Crippen LogP contribution in [0.5, 0.6) is 11.5 Å². The average molecular weight is 396 g/mol. The molecule has 0 aliphatic heterocycles. The fourth-order valence-electron chi connectivity index (χ4n) is 3.59. The van der Waals surface area contributed by atoms with Crippen molar-refractivity contribution in [2.45, 2.75) is 38.6 Å². The highest BCUT2D eigenvalue weighted by Crippen LogP contribution is 2.24. The lowest BCUT2D eigenvalue weighted by atomic mass is 9.86. The van der Waals surface area contributed by atoms with Crippen molar-refractivity contribution >= 4 is 17.5 Å². The molecule has 0 aromatic heterocycles. The van der Waals surface area contributed by atoms with E-state index in [1.807, 2.05) is 6.07 Å². The van der Waals surface area contributed by atoms with E-state index < -0.39 is 0 Å². The largest absolute Gasteiger partial charge is 0.496 e. The molecular weight excluding hydrogens is 368 g/mol. The summed E-state index contributed by atoms with van der Waals surface area (Å²) in [6, 6.07) is 14.2. The highest BCUT2D eigenvalue weighted by Gasteiger charge is 2.22. The number of nitrogens with one attached hydrogen (secondary N) is 2. The third-order valence-corrected chi connectivity index (χ3v) is 5.29. The van der Waals surface area contributed by atoms with Gasteiger partial charge in [-0.15, -0.1) is 0 Å². The summed E-state index contributed by atoms with van der Waals surface area (Å²) >= 11 is 0. The molecule has 2 aromatic rings. The lowest BCUT2D eigenvalue weighted by Crippen LogP contribution is -2.43. The minimum atomic E-state index is -0.253. The van der Waals surface area contributed by atoms with E-state index in [-0.39, 0.29) is 24.5 Å². The molecule has 6 nitrogen and oxygen atoms in total. The topological polar surface area (TPSA) is 76.7 Å². The summed E-state index contributed by atoms with van der Waals surface area (Å²) in [5.41, 5.74) is 1.10. The van der Waals surface area contributed by atoms with Crippen LogP contribution in [0.25, 0.3) is 0 Å². The Hall–Kier alpha value is -3.02. The van der Waals surface area contributed by atoms with E-state index >= 15 is 0 Å². The molecular formula is C23H28N2O4. The van der Waals surface area contributed by atoms with Gasteiger partial charge < -0.3 is 20.1 Å². The van der Waals surface area contributed by atoms with Crippen molar-refractivity contribution in [2.75, 3.05) is 19.0 Å². The number of hydrogen-bond acceptors (Lipinski definition) is 4. The second kappa shape index (κ2) is 9.96. The number of rotatable bonds is 7. The highest BCUT2D eigenvalue weighted by molar-refractivity contribution is 6.06. The SMILES string of the molecule is COc1ccccc1C(=O)Nc1ccc(OCC(=O)NC2CCCCC2C)cc1. The summed E-state index contributed by atoms with van der Waals surface area (Å²) in [7, 11) is 1.53. The van der Waals surface area contributed by atoms with Crippen molar-refractivity contribution in [3.05, 3.63) is 54.1 Å². The summed E-state index contributed by atoms with van der Waals surface area (Å²) in [5, 5.41) is 5.90. The maximum atomic E-state index is 12.4. The zero-order chi connectivity index (χ0) is 20.6. The molecule has 1 aliphatic rings. The third kappa shape index (κ3) is 5.73. The number of ether oxygens (including phenoxy) is 2. The van der Waals surface area contributed by atoms with Gasteiger partial charge in [0.2, 0.25) is 0 Å². The van der Waals surface area contributed by atoms with Crippen molar-refractivity contribution in [2.24, 2.45) is 5.92 Å². The van der Waals surface area contributed by atoms with Crippen LogP contribution in [0.1, 0.15) is 43.0 Å². The minimum Gasteiger partial charge on any atom is -0.496 e. The Morgan fingerprint density at radius 3 is 2.48 bits per heavy atom. The number of anilines is 1. The molecule has 0 bridgehead atoms. The van der Waals surface area contributed by atoms with E-state index in [2.05, 4.69) is 17.6 Å². The Balaban J connectivity index is 1.49. The van der Waals surface area contributed by atoms with E-state index in [1.165, 1.54) is 13.5 Å². The van der Waals surface area contributed by atoms with Gasteiger partial charge in [-0.3, -0.25) is 9.59 Å². The smallest absolute Gasteiger partial charge is 0.259 e. The van der Waals surface area contributed by atoms with Crippen LogP contribution in [0.2, 0.25) is 0 Å². The predicted octanol–water partition coefficient (Wildman–Crippen LogP) is 4.02. The number of carbonyl (C=O) groups is 2. The Labute approximate surface area is 171 Å². The molecule has 1 saturated carbocycles. The van der Waals surface area contributed by atoms with Gasteiger partial charge in [0, 0.05) is 11.7 Å². The standard InChI is InChI=1S/C23H28N2O4/c1-16-7-3-5-9-20(16)25-22(26)15-29-18-13-11-17(12-14-18)24-23(27)19-8-4-6-10-21(19)28-2/h4,6,8,10-14,16,20H,3,5,7,9,15H2,1-2H3,(H,24,27)(H,25,26). The molecule has 1 aliphatic carbocycles. The van der Waals surface area contributed by atoms with E-state index in [0.29, 0.717) is 28.7 Å². The van der Waals surface area contributed by atoms with Crippen molar-refractivity contribution < 1.29 is 19.1 Å². The predicted molar refractivity (Wildman–Crippen MR) is 112 cm³/mol. The van der Waals surface area contributed by atoms with Gasteiger partial charge in [-0.2, -0.15) is 0 Å². The Morgan fingerprint density at radius 1 is 1.03 bits per heavy atom. The molecule has 0 saturated heterocycles. The number of benzene rings is 2. The van der Waals surface area contributed by atoms with Crippen LogP contribution in [0.15, 0.2) is 48.5 Å². The summed E-state index contributed by atoms with van der Waals surface area (Å²) in [6.07, 6.45) is 4.60. The van der Waals surface area contributed by atoms with Gasteiger partial charge in [0.25, 0.3) is 11.8 Å². The summed E-state index contributed by atoms with van der Waals surface area (Å²) in [6.45, 7) is 2.17. The molecule has 0 heterocycles. The summed E-state index contributed by atoms with van der Waals surface area (Å²) in [4.78, 5) is 24.6.